The molecule has 1 aromatic carbocycles. The second-order valence-electron chi connectivity index (χ2n) is 6.01. The normalized spacial score (nSPS) is 12.2. The number of aliphatic hydroxyl groups is 1. The van der Waals surface area contributed by atoms with Crippen LogP contribution < -0.4 is 15.4 Å². The predicted molar refractivity (Wildman–Crippen MR) is 99.7 cm³/mol. The van der Waals surface area contributed by atoms with E-state index >= 15 is 0 Å². The van der Waals surface area contributed by atoms with Crippen molar-refractivity contribution in [3.05, 3.63) is 35.9 Å². The van der Waals surface area contributed by atoms with Crippen LogP contribution in [0, 0.1) is 5.92 Å². The quantitative estimate of drug-likeness (QED) is 0.308. The van der Waals surface area contributed by atoms with Crippen LogP contribution in [0.15, 0.2) is 30.3 Å². The van der Waals surface area contributed by atoms with Gasteiger partial charge in [-0.2, -0.15) is 0 Å². The summed E-state index contributed by atoms with van der Waals surface area (Å²) < 4.78 is 10.2. The maximum absolute atomic E-state index is 11.4. The highest BCUT2D eigenvalue weighted by molar-refractivity contribution is 5.87. The van der Waals surface area contributed by atoms with Gasteiger partial charge in [0.2, 0.25) is 5.91 Å². The Morgan fingerprint density at radius 3 is 2.65 bits per heavy atom. The van der Waals surface area contributed by atoms with Crippen molar-refractivity contribution in [1.29, 1.82) is 0 Å². The lowest BCUT2D eigenvalue weighted by molar-refractivity contribution is -0.134. The highest BCUT2D eigenvalue weighted by Gasteiger charge is 2.08. The predicted octanol–water partition coefficient (Wildman–Crippen LogP) is 0.974. The number of methoxy groups -OCH3 is 1. The van der Waals surface area contributed by atoms with Gasteiger partial charge in [-0.1, -0.05) is 32.0 Å². The molecule has 0 spiro atoms. The van der Waals surface area contributed by atoms with E-state index in [1.165, 1.54) is 13.2 Å². The molecular weight excluding hydrogens is 336 g/mol. The lowest BCUT2D eigenvalue weighted by atomic mass is 10.2. The van der Waals surface area contributed by atoms with E-state index in [1.807, 2.05) is 26.0 Å². The summed E-state index contributed by atoms with van der Waals surface area (Å²) in [6, 6.07) is 7.20. The minimum absolute atomic E-state index is 0.00676. The average Bonchev–Trinajstić information content (AvgIpc) is 2.64. The zero-order chi connectivity index (χ0) is 19.4. The molecule has 1 amide bonds. The Hall–Kier alpha value is -2.38. The summed E-state index contributed by atoms with van der Waals surface area (Å²) in [5.41, 5.74) is 0.717. The van der Waals surface area contributed by atoms with Gasteiger partial charge in [0.25, 0.3) is 0 Å². The Kier molecular flexibility index (Phi) is 10.0. The summed E-state index contributed by atoms with van der Waals surface area (Å²) in [4.78, 5) is 22.6. The molecule has 0 radical (unpaired) electrons. The molecule has 0 aliphatic rings. The third-order valence-corrected chi connectivity index (χ3v) is 3.46. The van der Waals surface area contributed by atoms with Crippen molar-refractivity contribution >= 4 is 18.0 Å². The molecule has 7 heteroatoms. The molecule has 0 bridgehead atoms. The summed E-state index contributed by atoms with van der Waals surface area (Å²) in [7, 11) is 1.31. The Labute approximate surface area is 154 Å². The van der Waals surface area contributed by atoms with Gasteiger partial charge in [0.05, 0.1) is 7.11 Å². The van der Waals surface area contributed by atoms with Crippen LogP contribution in [0.3, 0.4) is 0 Å². The molecule has 1 aromatic rings. The number of ether oxygens (including phenoxy) is 2. The number of nitrogens with one attached hydrogen (secondary N) is 2. The van der Waals surface area contributed by atoms with Crippen LogP contribution in [-0.2, 0) is 14.3 Å². The van der Waals surface area contributed by atoms with Crippen LogP contribution in [0.4, 0.5) is 0 Å². The Morgan fingerprint density at radius 2 is 1.96 bits per heavy atom. The topological polar surface area (TPSA) is 96.9 Å². The van der Waals surface area contributed by atoms with Crippen LogP contribution in [0.5, 0.6) is 5.75 Å². The smallest absolute Gasteiger partial charge is 0.330 e. The SMILES string of the molecule is COC(=O)/C=C/c1ccccc1OCC(O)CNCCNC(=O)C(C)C. The van der Waals surface area contributed by atoms with Gasteiger partial charge in [0, 0.05) is 37.2 Å². The molecule has 0 saturated carbocycles. The molecule has 1 rings (SSSR count). The fraction of sp³-hybridized carbons (Fsp3) is 0.474. The summed E-state index contributed by atoms with van der Waals surface area (Å²) in [5.74, 6) is 0.0825. The summed E-state index contributed by atoms with van der Waals surface area (Å²) in [6.07, 6.45) is 2.21. The van der Waals surface area contributed by atoms with E-state index in [2.05, 4.69) is 15.4 Å². The second kappa shape index (κ2) is 12.1. The largest absolute Gasteiger partial charge is 0.490 e. The molecule has 7 nitrogen and oxygen atoms in total. The number of aliphatic hydroxyl groups excluding tert-OH is 1. The lowest BCUT2D eigenvalue weighted by Gasteiger charge is -2.15. The average molecular weight is 364 g/mol. The number of amides is 1. The summed E-state index contributed by atoms with van der Waals surface area (Å²) in [5, 5.41) is 15.8. The number of hydrogen-bond acceptors (Lipinski definition) is 6. The fourth-order valence-electron chi connectivity index (χ4n) is 1.97. The van der Waals surface area contributed by atoms with E-state index in [1.54, 1.807) is 18.2 Å². The Bertz CT molecular complexity index is 601. The zero-order valence-electron chi connectivity index (χ0n) is 15.5. The fourth-order valence-corrected chi connectivity index (χ4v) is 1.97. The third-order valence-electron chi connectivity index (χ3n) is 3.46. The Balaban J connectivity index is 2.34. The van der Waals surface area contributed by atoms with Crippen molar-refractivity contribution < 1.29 is 24.2 Å². The molecule has 0 saturated heterocycles. The van der Waals surface area contributed by atoms with Crippen LogP contribution in [-0.4, -0.2) is 56.4 Å². The van der Waals surface area contributed by atoms with E-state index in [0.29, 0.717) is 25.4 Å². The standard InChI is InChI=1S/C19H28N2O5/c1-14(2)19(24)21-11-10-20-12-16(22)13-26-17-7-5-4-6-15(17)8-9-18(23)25-3/h4-9,14,16,20,22H,10-13H2,1-3H3,(H,21,24)/b9-8+. The van der Waals surface area contributed by atoms with E-state index in [-0.39, 0.29) is 18.4 Å². The lowest BCUT2D eigenvalue weighted by Crippen LogP contribution is -2.38. The number of carbonyl (C=O) groups excluding carboxylic acids is 2. The zero-order valence-corrected chi connectivity index (χ0v) is 15.5. The van der Waals surface area contributed by atoms with E-state index in [4.69, 9.17) is 4.74 Å². The molecule has 0 aromatic heterocycles. The molecule has 0 aliphatic carbocycles. The molecule has 0 heterocycles. The summed E-state index contributed by atoms with van der Waals surface area (Å²) in [6.45, 7) is 5.19. The minimum Gasteiger partial charge on any atom is -0.490 e. The van der Waals surface area contributed by atoms with Crippen LogP contribution in [0.2, 0.25) is 0 Å². The van der Waals surface area contributed by atoms with Gasteiger partial charge in [0.1, 0.15) is 18.5 Å². The van der Waals surface area contributed by atoms with E-state index in [0.717, 1.165) is 5.56 Å². The molecule has 1 unspecified atom stereocenters. The number of benzene rings is 1. The molecule has 26 heavy (non-hydrogen) atoms. The summed E-state index contributed by atoms with van der Waals surface area (Å²) >= 11 is 0. The van der Waals surface area contributed by atoms with Crippen molar-refractivity contribution in [2.24, 2.45) is 5.92 Å². The second-order valence-corrected chi connectivity index (χ2v) is 6.01. The minimum atomic E-state index is -0.701. The number of hydrogen-bond donors (Lipinski definition) is 3. The number of carbonyl (C=O) groups is 2. The number of para-hydroxylation sites is 1. The third kappa shape index (κ3) is 8.64. The molecule has 144 valence electrons. The molecule has 0 fully saturated rings. The molecule has 3 N–H and O–H groups in total. The molecule has 0 aliphatic heterocycles. The molecule has 1 atom stereocenters. The van der Waals surface area contributed by atoms with Crippen molar-refractivity contribution in [3.8, 4) is 5.75 Å². The van der Waals surface area contributed by atoms with Gasteiger partial charge in [-0.05, 0) is 12.1 Å². The first-order valence-corrected chi connectivity index (χ1v) is 8.58. The Morgan fingerprint density at radius 1 is 1.23 bits per heavy atom. The van der Waals surface area contributed by atoms with Crippen molar-refractivity contribution in [2.75, 3.05) is 33.4 Å². The number of esters is 1. The van der Waals surface area contributed by atoms with Gasteiger partial charge >= 0.3 is 5.97 Å². The first-order chi connectivity index (χ1) is 12.4. The highest BCUT2D eigenvalue weighted by atomic mass is 16.5. The highest BCUT2D eigenvalue weighted by Crippen LogP contribution is 2.19. The van der Waals surface area contributed by atoms with Crippen molar-refractivity contribution in [1.82, 2.24) is 10.6 Å². The molecular formula is C19H28N2O5. The monoisotopic (exact) mass is 364 g/mol. The number of rotatable bonds is 11. The van der Waals surface area contributed by atoms with Gasteiger partial charge in [-0.25, -0.2) is 4.79 Å². The van der Waals surface area contributed by atoms with E-state index in [9.17, 15) is 14.7 Å². The maximum atomic E-state index is 11.4. The van der Waals surface area contributed by atoms with Gasteiger partial charge in [0.15, 0.2) is 0 Å². The maximum Gasteiger partial charge on any atom is 0.330 e. The van der Waals surface area contributed by atoms with Crippen LogP contribution in [0.1, 0.15) is 19.4 Å². The van der Waals surface area contributed by atoms with Gasteiger partial charge in [-0.15, -0.1) is 0 Å². The van der Waals surface area contributed by atoms with E-state index < -0.39 is 12.1 Å². The van der Waals surface area contributed by atoms with Crippen molar-refractivity contribution in [3.63, 3.8) is 0 Å². The van der Waals surface area contributed by atoms with Gasteiger partial charge in [-0.3, -0.25) is 4.79 Å². The van der Waals surface area contributed by atoms with Crippen molar-refractivity contribution in [2.45, 2.75) is 20.0 Å². The van der Waals surface area contributed by atoms with Gasteiger partial charge < -0.3 is 25.2 Å². The van der Waals surface area contributed by atoms with Crippen LogP contribution >= 0.6 is 0 Å². The first kappa shape index (κ1) is 21.7. The van der Waals surface area contributed by atoms with Crippen LogP contribution in [0.25, 0.3) is 6.08 Å². The first-order valence-electron chi connectivity index (χ1n) is 8.58.